The Morgan fingerprint density at radius 3 is 1.60 bits per heavy atom. The molecule has 0 aromatic carbocycles. The number of nitrogens with zero attached hydrogens (tertiary/aromatic N) is 2. The Kier molecular flexibility index (Phi) is 5.33. The molecule has 0 spiro atoms. The van der Waals surface area contributed by atoms with Gasteiger partial charge >= 0.3 is 0 Å². The monoisotopic (exact) mass is 442 g/mol. The van der Waals surface area contributed by atoms with E-state index in [2.05, 4.69) is 9.80 Å². The van der Waals surface area contributed by atoms with E-state index in [1.54, 1.807) is 0 Å². The van der Waals surface area contributed by atoms with Crippen LogP contribution in [-0.2, 0) is 4.79 Å². The van der Waals surface area contributed by atoms with Gasteiger partial charge in [-0.3, -0.25) is 4.79 Å². The highest BCUT2D eigenvalue weighted by atomic mass is 32.1. The molecule has 0 atom stereocenters. The number of anilines is 2. The number of carbonyl (C=O) groups excluding carboxylic acids is 1. The standard InChI is InChI=1S/C23H26N2O3S2/c26-21-19(15-7-9-17(29-15)24-11-3-1-4-12-24)22(27)23(28)20(21)16-8-10-18(30-16)25-13-5-2-6-14-25/h7-10,26H,1-6,11-14H2,(H,27,28). The van der Waals surface area contributed by atoms with Crippen molar-refractivity contribution < 1.29 is 15.0 Å². The summed E-state index contributed by atoms with van der Waals surface area (Å²) in [6.45, 7) is 4.13. The highest BCUT2D eigenvalue weighted by Gasteiger charge is 2.36. The quantitative estimate of drug-likeness (QED) is 0.644. The van der Waals surface area contributed by atoms with E-state index >= 15 is 0 Å². The largest absolute Gasteiger partial charge is 0.506 e. The second-order valence-corrected chi connectivity index (χ2v) is 10.3. The zero-order valence-electron chi connectivity index (χ0n) is 16.9. The van der Waals surface area contributed by atoms with Gasteiger partial charge in [0.2, 0.25) is 5.78 Å². The van der Waals surface area contributed by atoms with Gasteiger partial charge in [0.05, 0.1) is 21.1 Å². The molecular formula is C23H26N2O3S2. The molecule has 4 heterocycles. The number of thiophene rings is 2. The van der Waals surface area contributed by atoms with Crippen LogP contribution in [0.2, 0.25) is 0 Å². The maximum absolute atomic E-state index is 12.9. The highest BCUT2D eigenvalue weighted by molar-refractivity contribution is 7.18. The van der Waals surface area contributed by atoms with E-state index in [1.807, 2.05) is 24.3 Å². The van der Waals surface area contributed by atoms with Crippen molar-refractivity contribution in [2.75, 3.05) is 36.0 Å². The van der Waals surface area contributed by atoms with Gasteiger partial charge in [-0.2, -0.15) is 0 Å². The van der Waals surface area contributed by atoms with Crippen LogP contribution >= 0.6 is 22.7 Å². The minimum Gasteiger partial charge on any atom is -0.506 e. The molecule has 30 heavy (non-hydrogen) atoms. The van der Waals surface area contributed by atoms with Gasteiger partial charge in [0.1, 0.15) is 5.76 Å². The van der Waals surface area contributed by atoms with Gasteiger partial charge in [0.15, 0.2) is 5.76 Å². The second kappa shape index (κ2) is 8.12. The van der Waals surface area contributed by atoms with Crippen LogP contribution in [0.3, 0.4) is 0 Å². The normalized spacial score (nSPS) is 20.6. The van der Waals surface area contributed by atoms with Crippen molar-refractivity contribution in [3.05, 3.63) is 45.5 Å². The van der Waals surface area contributed by atoms with Crippen LogP contribution in [0.15, 0.2) is 35.8 Å². The molecular weight excluding hydrogens is 416 g/mol. The molecule has 2 N–H and O–H groups in total. The number of Topliss-reactive ketones (excluding diaryl/α,β-unsaturated/α-hetero) is 1. The molecule has 2 aliphatic heterocycles. The summed E-state index contributed by atoms with van der Waals surface area (Å²) in [7, 11) is 0. The van der Waals surface area contributed by atoms with E-state index in [0.717, 1.165) is 41.1 Å². The first-order valence-corrected chi connectivity index (χ1v) is 12.4. The Morgan fingerprint density at radius 2 is 1.10 bits per heavy atom. The van der Waals surface area contributed by atoms with Gasteiger partial charge in [-0.1, -0.05) is 0 Å². The molecule has 5 nitrogen and oxygen atoms in total. The summed E-state index contributed by atoms with van der Waals surface area (Å²) in [5, 5.41) is 23.8. The molecule has 0 saturated carbocycles. The zero-order chi connectivity index (χ0) is 20.7. The Hall–Kier alpha value is -2.25. The summed E-state index contributed by atoms with van der Waals surface area (Å²) >= 11 is 3.04. The van der Waals surface area contributed by atoms with Gasteiger partial charge in [-0.15, -0.1) is 22.7 Å². The van der Waals surface area contributed by atoms with Crippen molar-refractivity contribution >= 4 is 49.6 Å². The van der Waals surface area contributed by atoms with Gasteiger partial charge in [-0.25, -0.2) is 0 Å². The number of hydrogen-bond acceptors (Lipinski definition) is 7. The average Bonchev–Trinajstić information content (AvgIpc) is 3.49. The van der Waals surface area contributed by atoms with E-state index in [0.29, 0.717) is 4.88 Å². The molecule has 0 unspecified atom stereocenters. The highest BCUT2D eigenvalue weighted by Crippen LogP contribution is 2.45. The van der Waals surface area contributed by atoms with Crippen LogP contribution < -0.4 is 9.80 Å². The molecule has 0 radical (unpaired) electrons. The summed E-state index contributed by atoms with van der Waals surface area (Å²) < 4.78 is 0. The molecule has 2 saturated heterocycles. The van der Waals surface area contributed by atoms with Crippen molar-refractivity contribution in [2.24, 2.45) is 0 Å². The lowest BCUT2D eigenvalue weighted by Gasteiger charge is -2.27. The Bertz CT molecular complexity index is 1020. The van der Waals surface area contributed by atoms with Crippen molar-refractivity contribution in [1.29, 1.82) is 0 Å². The van der Waals surface area contributed by atoms with Gasteiger partial charge in [-0.05, 0) is 62.8 Å². The Morgan fingerprint density at radius 1 is 0.633 bits per heavy atom. The van der Waals surface area contributed by atoms with Gasteiger partial charge in [0, 0.05) is 35.9 Å². The number of aliphatic hydroxyl groups excluding tert-OH is 2. The third-order valence-corrected chi connectivity index (χ3v) is 8.49. The molecule has 2 aromatic rings. The maximum atomic E-state index is 12.9. The third kappa shape index (κ3) is 3.44. The van der Waals surface area contributed by atoms with Crippen LogP contribution in [0.25, 0.3) is 11.1 Å². The third-order valence-electron chi connectivity index (χ3n) is 6.16. The summed E-state index contributed by atoms with van der Waals surface area (Å²) in [6.07, 6.45) is 7.27. The second-order valence-electron chi connectivity index (χ2n) is 8.15. The first kappa shape index (κ1) is 19.7. The van der Waals surface area contributed by atoms with Crippen LogP contribution in [0.5, 0.6) is 0 Å². The SMILES string of the molecule is O=C1C(O)=C(c2ccc(N3CCCCC3)s2)C(O)=C1c1ccc(N2CCCCC2)s1. The summed E-state index contributed by atoms with van der Waals surface area (Å²) in [5.74, 6) is -0.929. The van der Waals surface area contributed by atoms with Gasteiger partial charge in [0.25, 0.3) is 0 Å². The number of hydrogen-bond donors (Lipinski definition) is 2. The Balaban J connectivity index is 1.43. The lowest BCUT2D eigenvalue weighted by atomic mass is 10.1. The summed E-state index contributed by atoms with van der Waals surface area (Å²) in [5.41, 5.74) is 0.500. The van der Waals surface area contributed by atoms with Crippen LogP contribution in [-0.4, -0.2) is 42.2 Å². The molecule has 1 aliphatic carbocycles. The number of aliphatic hydroxyl groups is 2. The number of piperidine rings is 2. The first-order valence-electron chi connectivity index (χ1n) is 10.8. The summed E-state index contributed by atoms with van der Waals surface area (Å²) in [4.78, 5) is 19.0. The number of allylic oxidation sites excluding steroid dienone is 2. The molecule has 158 valence electrons. The lowest BCUT2D eigenvalue weighted by Crippen LogP contribution is -2.28. The van der Waals surface area contributed by atoms with Crippen molar-refractivity contribution in [2.45, 2.75) is 38.5 Å². The van der Waals surface area contributed by atoms with Crippen molar-refractivity contribution in [3.8, 4) is 0 Å². The average molecular weight is 443 g/mol. The number of rotatable bonds is 4. The molecule has 2 aromatic heterocycles. The number of carbonyl (C=O) groups is 1. The van der Waals surface area contributed by atoms with E-state index in [9.17, 15) is 15.0 Å². The molecule has 7 heteroatoms. The molecule has 2 fully saturated rings. The zero-order valence-corrected chi connectivity index (χ0v) is 18.5. The fourth-order valence-electron chi connectivity index (χ4n) is 4.53. The van der Waals surface area contributed by atoms with E-state index in [-0.39, 0.29) is 22.7 Å². The van der Waals surface area contributed by atoms with Crippen LogP contribution in [0.1, 0.15) is 48.3 Å². The van der Waals surface area contributed by atoms with Gasteiger partial charge < -0.3 is 20.0 Å². The molecule has 3 aliphatic rings. The van der Waals surface area contributed by atoms with Crippen molar-refractivity contribution in [3.63, 3.8) is 0 Å². The smallest absolute Gasteiger partial charge is 0.233 e. The van der Waals surface area contributed by atoms with Crippen LogP contribution in [0, 0.1) is 0 Å². The molecule has 0 bridgehead atoms. The topological polar surface area (TPSA) is 64.0 Å². The molecule has 0 amide bonds. The lowest BCUT2D eigenvalue weighted by molar-refractivity contribution is -0.112. The fourth-order valence-corrected chi connectivity index (χ4v) is 6.74. The van der Waals surface area contributed by atoms with E-state index in [1.165, 1.54) is 61.2 Å². The maximum Gasteiger partial charge on any atom is 0.233 e. The molecule has 5 rings (SSSR count). The first-order chi connectivity index (χ1) is 14.6. The summed E-state index contributed by atoms with van der Waals surface area (Å²) in [6, 6.07) is 7.84. The van der Waals surface area contributed by atoms with Crippen molar-refractivity contribution in [1.82, 2.24) is 0 Å². The Labute approximate surface area is 184 Å². The predicted octanol–water partition coefficient (Wildman–Crippen LogP) is 5.61. The fraction of sp³-hybridized carbons (Fsp3) is 0.435. The predicted molar refractivity (Wildman–Crippen MR) is 125 cm³/mol. The van der Waals surface area contributed by atoms with E-state index < -0.39 is 5.78 Å². The minimum absolute atomic E-state index is 0.100. The van der Waals surface area contributed by atoms with E-state index in [4.69, 9.17) is 0 Å². The van der Waals surface area contributed by atoms with Crippen LogP contribution in [0.4, 0.5) is 10.0 Å². The minimum atomic E-state index is -0.484. The number of ketones is 1.